The SMILES string of the molecule is Cc1c(C)c(=O)n(Cc2ccc(N)cc2Cl)[nH]c1=O. The van der Waals surface area contributed by atoms with Gasteiger partial charge in [-0.05, 0) is 31.5 Å². The Hall–Kier alpha value is -2.01. The van der Waals surface area contributed by atoms with Crippen molar-refractivity contribution in [2.24, 2.45) is 0 Å². The molecule has 2 aromatic rings. The van der Waals surface area contributed by atoms with Gasteiger partial charge >= 0.3 is 0 Å². The van der Waals surface area contributed by atoms with Gasteiger partial charge in [-0.2, -0.15) is 0 Å². The Morgan fingerprint density at radius 1 is 1.26 bits per heavy atom. The molecule has 0 atom stereocenters. The van der Waals surface area contributed by atoms with Gasteiger partial charge in [0.05, 0.1) is 6.54 Å². The van der Waals surface area contributed by atoms with E-state index in [1.807, 2.05) is 0 Å². The zero-order chi connectivity index (χ0) is 14.2. The molecule has 0 saturated heterocycles. The first kappa shape index (κ1) is 13.4. The Morgan fingerprint density at radius 3 is 2.58 bits per heavy atom. The molecule has 1 heterocycles. The predicted octanol–water partition coefficient (Wildman–Crippen LogP) is 1.44. The maximum atomic E-state index is 12.0. The smallest absolute Gasteiger partial charge is 0.268 e. The lowest BCUT2D eigenvalue weighted by atomic mass is 10.2. The average Bonchev–Trinajstić information content (AvgIpc) is 2.36. The summed E-state index contributed by atoms with van der Waals surface area (Å²) in [5, 5.41) is 3.00. The second kappa shape index (κ2) is 4.93. The van der Waals surface area contributed by atoms with Crippen LogP contribution in [-0.2, 0) is 6.54 Å². The number of nitrogens with two attached hydrogens (primary N) is 1. The molecule has 0 aliphatic rings. The van der Waals surface area contributed by atoms with Gasteiger partial charge < -0.3 is 5.73 Å². The summed E-state index contributed by atoms with van der Waals surface area (Å²) in [5.74, 6) is 0. The van der Waals surface area contributed by atoms with Crippen LogP contribution in [0.5, 0.6) is 0 Å². The van der Waals surface area contributed by atoms with Gasteiger partial charge in [-0.15, -0.1) is 0 Å². The molecule has 0 fully saturated rings. The van der Waals surface area contributed by atoms with E-state index in [1.54, 1.807) is 32.0 Å². The lowest BCUT2D eigenvalue weighted by Crippen LogP contribution is -2.33. The van der Waals surface area contributed by atoms with Crippen LogP contribution in [0.25, 0.3) is 0 Å². The average molecular weight is 280 g/mol. The highest BCUT2D eigenvalue weighted by molar-refractivity contribution is 6.31. The van der Waals surface area contributed by atoms with Crippen LogP contribution in [0.2, 0.25) is 5.02 Å². The van der Waals surface area contributed by atoms with E-state index in [2.05, 4.69) is 5.10 Å². The van der Waals surface area contributed by atoms with E-state index < -0.39 is 0 Å². The first-order valence-electron chi connectivity index (χ1n) is 5.74. The molecule has 0 aliphatic heterocycles. The first-order chi connectivity index (χ1) is 8.90. The van der Waals surface area contributed by atoms with Crippen molar-refractivity contribution in [3.63, 3.8) is 0 Å². The number of H-pyrrole nitrogens is 1. The molecular formula is C13H14ClN3O2. The molecule has 1 aromatic carbocycles. The number of halogens is 1. The zero-order valence-corrected chi connectivity index (χ0v) is 11.4. The number of benzene rings is 1. The number of hydrogen-bond acceptors (Lipinski definition) is 3. The summed E-state index contributed by atoms with van der Waals surface area (Å²) in [6.45, 7) is 3.46. The van der Waals surface area contributed by atoms with Crippen molar-refractivity contribution in [2.75, 3.05) is 5.73 Å². The van der Waals surface area contributed by atoms with Crippen molar-refractivity contribution < 1.29 is 0 Å². The van der Waals surface area contributed by atoms with Crippen molar-refractivity contribution in [3.05, 3.63) is 60.6 Å². The van der Waals surface area contributed by atoms with Crippen LogP contribution >= 0.6 is 11.6 Å². The van der Waals surface area contributed by atoms with Gasteiger partial charge in [0.15, 0.2) is 0 Å². The topological polar surface area (TPSA) is 80.9 Å². The van der Waals surface area contributed by atoms with Crippen LogP contribution in [0.1, 0.15) is 16.7 Å². The number of anilines is 1. The monoisotopic (exact) mass is 279 g/mol. The zero-order valence-electron chi connectivity index (χ0n) is 10.7. The molecule has 0 saturated carbocycles. The lowest BCUT2D eigenvalue weighted by molar-refractivity contribution is 0.618. The predicted molar refractivity (Wildman–Crippen MR) is 75.8 cm³/mol. The summed E-state index contributed by atoms with van der Waals surface area (Å²) in [5.41, 5.74) is 7.25. The van der Waals surface area contributed by atoms with Crippen molar-refractivity contribution in [2.45, 2.75) is 20.4 Å². The molecule has 2 rings (SSSR count). The maximum absolute atomic E-state index is 12.0. The normalized spacial score (nSPS) is 10.7. The minimum Gasteiger partial charge on any atom is -0.399 e. The molecule has 0 spiro atoms. The second-order valence-electron chi connectivity index (χ2n) is 4.43. The quantitative estimate of drug-likeness (QED) is 0.816. The van der Waals surface area contributed by atoms with E-state index in [9.17, 15) is 9.59 Å². The highest BCUT2D eigenvalue weighted by Crippen LogP contribution is 2.19. The molecule has 0 bridgehead atoms. The van der Waals surface area contributed by atoms with Crippen LogP contribution in [0.3, 0.4) is 0 Å². The fraction of sp³-hybridized carbons (Fsp3) is 0.231. The second-order valence-corrected chi connectivity index (χ2v) is 4.84. The minimum atomic E-state index is -0.274. The van der Waals surface area contributed by atoms with Crippen LogP contribution in [0.4, 0.5) is 5.69 Å². The highest BCUT2D eigenvalue weighted by Gasteiger charge is 2.09. The van der Waals surface area contributed by atoms with Gasteiger partial charge in [0, 0.05) is 21.8 Å². The molecule has 1 aromatic heterocycles. The van der Waals surface area contributed by atoms with Gasteiger partial charge in [0.2, 0.25) is 0 Å². The van der Waals surface area contributed by atoms with E-state index in [1.165, 1.54) is 4.68 Å². The Labute approximate surface area is 114 Å². The molecule has 0 unspecified atom stereocenters. The van der Waals surface area contributed by atoms with E-state index in [0.717, 1.165) is 5.56 Å². The van der Waals surface area contributed by atoms with Gasteiger partial charge in [0.1, 0.15) is 0 Å². The standard InChI is InChI=1S/C13H14ClN3O2/c1-7-8(2)13(19)17(16-12(7)18)6-9-3-4-10(15)5-11(9)14/h3-5H,6,15H2,1-2H3,(H,16,18). The number of hydrogen-bond donors (Lipinski definition) is 2. The van der Waals surface area contributed by atoms with Gasteiger partial charge in [0.25, 0.3) is 11.1 Å². The molecular weight excluding hydrogens is 266 g/mol. The van der Waals surface area contributed by atoms with Crippen LogP contribution in [0.15, 0.2) is 27.8 Å². The number of nitrogens with zero attached hydrogens (tertiary/aromatic N) is 1. The van der Waals surface area contributed by atoms with E-state index in [-0.39, 0.29) is 17.7 Å². The van der Waals surface area contributed by atoms with Gasteiger partial charge in [-0.3, -0.25) is 14.7 Å². The van der Waals surface area contributed by atoms with E-state index >= 15 is 0 Å². The van der Waals surface area contributed by atoms with Gasteiger partial charge in [-0.1, -0.05) is 17.7 Å². The van der Waals surface area contributed by atoms with Crippen molar-refractivity contribution in [1.29, 1.82) is 0 Å². The Bertz CT molecular complexity index is 747. The summed E-state index contributed by atoms with van der Waals surface area (Å²) in [6.07, 6.45) is 0. The third-order valence-electron chi connectivity index (χ3n) is 3.11. The molecule has 3 N–H and O–H groups in total. The van der Waals surface area contributed by atoms with Crippen LogP contribution in [0, 0.1) is 13.8 Å². The molecule has 0 amide bonds. The van der Waals surface area contributed by atoms with Gasteiger partial charge in [-0.25, -0.2) is 4.68 Å². The number of rotatable bonds is 2. The Balaban J connectivity index is 2.50. The number of aromatic amines is 1. The fourth-order valence-corrected chi connectivity index (χ4v) is 2.01. The lowest BCUT2D eigenvalue weighted by Gasteiger charge is -2.10. The third kappa shape index (κ3) is 2.56. The molecule has 0 aliphatic carbocycles. The number of nitrogens with one attached hydrogen (secondary N) is 1. The number of nitrogen functional groups attached to an aromatic ring is 1. The molecule has 5 nitrogen and oxygen atoms in total. The summed E-state index contributed by atoms with van der Waals surface area (Å²) in [6, 6.07) is 5.05. The minimum absolute atomic E-state index is 0.203. The first-order valence-corrected chi connectivity index (χ1v) is 6.12. The fourth-order valence-electron chi connectivity index (χ4n) is 1.76. The van der Waals surface area contributed by atoms with Crippen LogP contribution < -0.4 is 16.9 Å². The maximum Gasteiger partial charge on any atom is 0.268 e. The Morgan fingerprint density at radius 2 is 1.95 bits per heavy atom. The van der Waals surface area contributed by atoms with Crippen molar-refractivity contribution >= 4 is 17.3 Å². The van der Waals surface area contributed by atoms with Crippen molar-refractivity contribution in [3.8, 4) is 0 Å². The highest BCUT2D eigenvalue weighted by atomic mass is 35.5. The number of aromatic nitrogens is 2. The van der Waals surface area contributed by atoms with Crippen LogP contribution in [-0.4, -0.2) is 9.78 Å². The van der Waals surface area contributed by atoms with Crippen molar-refractivity contribution in [1.82, 2.24) is 9.78 Å². The summed E-state index contributed by atoms with van der Waals surface area (Å²) in [4.78, 5) is 23.7. The molecule has 19 heavy (non-hydrogen) atoms. The molecule has 6 heteroatoms. The third-order valence-corrected chi connectivity index (χ3v) is 3.46. The summed E-state index contributed by atoms with van der Waals surface area (Å²) < 4.78 is 1.25. The van der Waals surface area contributed by atoms with E-state index in [4.69, 9.17) is 17.3 Å². The summed E-state index contributed by atoms with van der Waals surface area (Å²) >= 11 is 6.06. The molecule has 100 valence electrons. The molecule has 0 radical (unpaired) electrons. The Kier molecular flexibility index (Phi) is 3.48. The van der Waals surface area contributed by atoms with E-state index in [0.29, 0.717) is 21.8 Å². The largest absolute Gasteiger partial charge is 0.399 e. The summed E-state index contributed by atoms with van der Waals surface area (Å²) in [7, 11) is 0.